The van der Waals surface area contributed by atoms with Gasteiger partial charge < -0.3 is 5.73 Å². The molecule has 1 fully saturated rings. The molecule has 116 valence electrons. The molecule has 2 N–H and O–H groups in total. The summed E-state index contributed by atoms with van der Waals surface area (Å²) in [7, 11) is 0. The smallest absolute Gasteiger partial charge is 0.00202 e. The fourth-order valence-electron chi connectivity index (χ4n) is 5.25. The lowest BCUT2D eigenvalue weighted by Crippen LogP contribution is -2.51. The lowest BCUT2D eigenvalue weighted by Gasteiger charge is -2.55. The minimum absolute atomic E-state index is 0.335. The Kier molecular flexibility index (Phi) is 3.68. The first-order valence-corrected chi connectivity index (χ1v) is 8.74. The van der Waals surface area contributed by atoms with Crippen molar-refractivity contribution in [2.75, 3.05) is 6.54 Å². The molecule has 1 aromatic carbocycles. The highest BCUT2D eigenvalue weighted by atomic mass is 14.7. The van der Waals surface area contributed by atoms with Crippen LogP contribution >= 0.6 is 0 Å². The molecule has 21 heavy (non-hydrogen) atoms. The molecular weight excluding hydrogens is 254 g/mol. The fourth-order valence-corrected chi connectivity index (χ4v) is 5.25. The van der Waals surface area contributed by atoms with Gasteiger partial charge in [0.2, 0.25) is 0 Å². The first-order chi connectivity index (χ1) is 9.90. The van der Waals surface area contributed by atoms with Gasteiger partial charge in [0.1, 0.15) is 0 Å². The quantitative estimate of drug-likeness (QED) is 0.831. The number of nitrogens with two attached hydrogens (primary N) is 1. The maximum Gasteiger partial charge on any atom is -0.00202 e. The molecule has 0 saturated heterocycles. The summed E-state index contributed by atoms with van der Waals surface area (Å²) >= 11 is 0. The standard InChI is InChI=1S/C20H31N/c1-14(2)15-6-8-17-16(12-15)7-9-18-19(3,13-21)10-5-11-20(17,18)4/h6,8,12,14,18H,5,7,9-11,13,21H2,1-4H3/t18?,19-,20+/m0/s1. The van der Waals surface area contributed by atoms with Gasteiger partial charge in [-0.1, -0.05) is 52.3 Å². The zero-order chi connectivity index (χ0) is 15.3. The second-order valence-electron chi connectivity index (χ2n) is 8.29. The number of fused-ring (bicyclic) bond motifs is 3. The molecule has 1 aromatic rings. The fraction of sp³-hybridized carbons (Fsp3) is 0.700. The van der Waals surface area contributed by atoms with Crippen LogP contribution in [0.15, 0.2) is 18.2 Å². The second-order valence-corrected chi connectivity index (χ2v) is 8.29. The van der Waals surface area contributed by atoms with Crippen molar-refractivity contribution in [2.24, 2.45) is 17.1 Å². The molecule has 3 rings (SSSR count). The number of aryl methyl sites for hydroxylation is 1. The number of hydrogen-bond donors (Lipinski definition) is 1. The van der Waals surface area contributed by atoms with Crippen molar-refractivity contribution >= 4 is 0 Å². The van der Waals surface area contributed by atoms with Crippen molar-refractivity contribution < 1.29 is 0 Å². The molecule has 2 aliphatic carbocycles. The van der Waals surface area contributed by atoms with Crippen LogP contribution in [0.25, 0.3) is 0 Å². The van der Waals surface area contributed by atoms with E-state index in [1.807, 2.05) is 0 Å². The van der Waals surface area contributed by atoms with E-state index in [9.17, 15) is 0 Å². The molecule has 2 aliphatic rings. The number of rotatable bonds is 2. The Hall–Kier alpha value is -0.820. The summed E-state index contributed by atoms with van der Waals surface area (Å²) in [6.07, 6.45) is 6.53. The Labute approximate surface area is 130 Å². The second kappa shape index (κ2) is 5.12. The van der Waals surface area contributed by atoms with Gasteiger partial charge >= 0.3 is 0 Å². The van der Waals surface area contributed by atoms with Crippen LogP contribution in [0.1, 0.15) is 76.0 Å². The zero-order valence-electron chi connectivity index (χ0n) is 14.2. The Morgan fingerprint density at radius 2 is 2.00 bits per heavy atom. The van der Waals surface area contributed by atoms with E-state index in [-0.39, 0.29) is 0 Å². The maximum atomic E-state index is 6.19. The van der Waals surface area contributed by atoms with Crippen LogP contribution in [0.3, 0.4) is 0 Å². The predicted octanol–water partition coefficient (Wildman–Crippen LogP) is 4.78. The third kappa shape index (κ3) is 2.25. The van der Waals surface area contributed by atoms with E-state index in [0.717, 1.165) is 12.5 Å². The summed E-state index contributed by atoms with van der Waals surface area (Å²) in [5.41, 5.74) is 11.6. The monoisotopic (exact) mass is 285 g/mol. The summed E-state index contributed by atoms with van der Waals surface area (Å²) in [6.45, 7) is 10.4. The topological polar surface area (TPSA) is 26.0 Å². The highest BCUT2D eigenvalue weighted by Gasteiger charge is 2.50. The van der Waals surface area contributed by atoms with E-state index in [0.29, 0.717) is 16.7 Å². The average Bonchev–Trinajstić information content (AvgIpc) is 2.46. The minimum Gasteiger partial charge on any atom is -0.330 e. The van der Waals surface area contributed by atoms with Crippen molar-refractivity contribution in [1.82, 2.24) is 0 Å². The van der Waals surface area contributed by atoms with Crippen LogP contribution < -0.4 is 5.73 Å². The molecule has 0 aliphatic heterocycles. The van der Waals surface area contributed by atoms with Crippen LogP contribution in [0.5, 0.6) is 0 Å². The predicted molar refractivity (Wildman–Crippen MR) is 90.7 cm³/mol. The Bertz CT molecular complexity index is 533. The number of hydrogen-bond acceptors (Lipinski definition) is 1. The molecule has 0 spiro atoms. The molecule has 0 radical (unpaired) electrons. The van der Waals surface area contributed by atoms with Gasteiger partial charge in [0.15, 0.2) is 0 Å². The van der Waals surface area contributed by atoms with Gasteiger partial charge in [-0.3, -0.25) is 0 Å². The average molecular weight is 285 g/mol. The highest BCUT2D eigenvalue weighted by Crippen LogP contribution is 2.56. The largest absolute Gasteiger partial charge is 0.330 e. The Morgan fingerprint density at radius 1 is 1.24 bits per heavy atom. The summed E-state index contributed by atoms with van der Waals surface area (Å²) in [5.74, 6) is 1.38. The number of benzene rings is 1. The van der Waals surface area contributed by atoms with Gasteiger partial charge in [-0.2, -0.15) is 0 Å². The summed E-state index contributed by atoms with van der Waals surface area (Å²) in [4.78, 5) is 0. The van der Waals surface area contributed by atoms with Gasteiger partial charge in [0.25, 0.3) is 0 Å². The van der Waals surface area contributed by atoms with Gasteiger partial charge in [-0.25, -0.2) is 0 Å². The Balaban J connectivity index is 2.05. The van der Waals surface area contributed by atoms with Crippen molar-refractivity contribution in [1.29, 1.82) is 0 Å². The van der Waals surface area contributed by atoms with E-state index >= 15 is 0 Å². The van der Waals surface area contributed by atoms with Gasteiger partial charge in [-0.05, 0) is 71.6 Å². The third-order valence-electron chi connectivity index (χ3n) is 6.63. The van der Waals surface area contributed by atoms with Gasteiger partial charge in [-0.15, -0.1) is 0 Å². The Morgan fingerprint density at radius 3 is 2.67 bits per heavy atom. The molecule has 3 atom stereocenters. The van der Waals surface area contributed by atoms with Crippen LogP contribution in [-0.2, 0) is 11.8 Å². The molecule has 0 heterocycles. The van der Waals surface area contributed by atoms with E-state index < -0.39 is 0 Å². The van der Waals surface area contributed by atoms with E-state index in [1.54, 1.807) is 11.1 Å². The first kappa shape index (κ1) is 15.1. The van der Waals surface area contributed by atoms with Crippen LogP contribution in [0.2, 0.25) is 0 Å². The lowest BCUT2D eigenvalue weighted by atomic mass is 9.50. The zero-order valence-corrected chi connectivity index (χ0v) is 14.2. The van der Waals surface area contributed by atoms with Crippen molar-refractivity contribution in [2.45, 2.75) is 71.1 Å². The summed E-state index contributed by atoms with van der Waals surface area (Å²) < 4.78 is 0. The highest BCUT2D eigenvalue weighted by molar-refractivity contribution is 5.42. The molecular formula is C20H31N. The van der Waals surface area contributed by atoms with Crippen LogP contribution in [0, 0.1) is 11.3 Å². The SMILES string of the molecule is CC(C)c1ccc2c(c1)CCC1[C@](C)(CN)CCC[C@]21C. The third-order valence-corrected chi connectivity index (χ3v) is 6.63. The van der Waals surface area contributed by atoms with E-state index in [2.05, 4.69) is 45.9 Å². The molecule has 1 nitrogen and oxygen atoms in total. The van der Waals surface area contributed by atoms with Crippen LogP contribution in [0.4, 0.5) is 0 Å². The molecule has 0 amide bonds. The summed E-state index contributed by atoms with van der Waals surface area (Å²) in [5, 5.41) is 0. The van der Waals surface area contributed by atoms with Crippen LogP contribution in [-0.4, -0.2) is 6.54 Å². The van der Waals surface area contributed by atoms with Gasteiger partial charge in [0, 0.05) is 0 Å². The molecule has 1 unspecified atom stereocenters. The molecule has 0 aromatic heterocycles. The maximum absolute atomic E-state index is 6.19. The van der Waals surface area contributed by atoms with Crippen molar-refractivity contribution in [3.8, 4) is 0 Å². The van der Waals surface area contributed by atoms with E-state index in [4.69, 9.17) is 5.73 Å². The molecule has 1 saturated carbocycles. The lowest BCUT2D eigenvalue weighted by molar-refractivity contribution is 0.0326. The van der Waals surface area contributed by atoms with Gasteiger partial charge in [0.05, 0.1) is 0 Å². The first-order valence-electron chi connectivity index (χ1n) is 8.74. The minimum atomic E-state index is 0.335. The molecule has 0 bridgehead atoms. The normalized spacial score (nSPS) is 35.4. The van der Waals surface area contributed by atoms with Crippen molar-refractivity contribution in [3.63, 3.8) is 0 Å². The summed E-state index contributed by atoms with van der Waals surface area (Å²) in [6, 6.07) is 7.29. The molecule has 1 heteroatoms. The van der Waals surface area contributed by atoms with E-state index in [1.165, 1.54) is 37.7 Å². The van der Waals surface area contributed by atoms with Crippen molar-refractivity contribution in [3.05, 3.63) is 34.9 Å².